The van der Waals surface area contributed by atoms with Gasteiger partial charge in [0.05, 0.1) is 0 Å². The van der Waals surface area contributed by atoms with E-state index in [1.54, 1.807) is 28.6 Å². The van der Waals surface area contributed by atoms with Crippen molar-refractivity contribution in [2.24, 2.45) is 7.05 Å². The van der Waals surface area contributed by atoms with E-state index in [0.717, 1.165) is 47.3 Å². The molecule has 0 saturated heterocycles. The molecule has 6 nitrogen and oxygen atoms in total. The van der Waals surface area contributed by atoms with Crippen LogP contribution in [0.3, 0.4) is 0 Å². The van der Waals surface area contributed by atoms with Gasteiger partial charge in [0, 0.05) is 19.3 Å². The van der Waals surface area contributed by atoms with E-state index >= 15 is 0 Å². The van der Waals surface area contributed by atoms with Crippen LogP contribution in [-0.4, -0.2) is 32.5 Å². The number of nitrogens with zero attached hydrogens (tertiary/aromatic N) is 4. The number of thioether (sulfide) groups is 1. The molecule has 0 spiro atoms. The Morgan fingerprint density at radius 2 is 1.96 bits per heavy atom. The first kappa shape index (κ1) is 22.1. The summed E-state index contributed by atoms with van der Waals surface area (Å²) >= 11 is 1.65. The van der Waals surface area contributed by atoms with Gasteiger partial charge in [-0.25, -0.2) is 9.07 Å². The van der Waals surface area contributed by atoms with Gasteiger partial charge in [0.2, 0.25) is 5.16 Å². The standard InChI is InChI=1S/C19H22FN5OS.ClH/c1-25-19(22-23-24-25)27-11-3-10-21-13-16-4-2-5-18(12-16)26-14-15-6-8-17(20)9-7-15;/h2,4-9,12,21H,3,10-11,13-14H2,1H3;1H/p-1. The lowest BCUT2D eigenvalue weighted by atomic mass is 10.2. The van der Waals surface area contributed by atoms with Gasteiger partial charge in [-0.15, -0.1) is 5.10 Å². The summed E-state index contributed by atoms with van der Waals surface area (Å²) in [5.41, 5.74) is 2.10. The molecule has 2 aromatic carbocycles. The van der Waals surface area contributed by atoms with Crippen molar-refractivity contribution in [3.05, 3.63) is 65.5 Å². The molecule has 0 aliphatic rings. The van der Waals surface area contributed by atoms with Crippen LogP contribution in [0.25, 0.3) is 0 Å². The number of halogens is 2. The first-order chi connectivity index (χ1) is 13.2. The molecule has 0 atom stereocenters. The van der Waals surface area contributed by atoms with Gasteiger partial charge in [-0.05, 0) is 58.8 Å². The average Bonchev–Trinajstić information content (AvgIpc) is 3.09. The molecule has 0 amide bonds. The summed E-state index contributed by atoms with van der Waals surface area (Å²) in [4.78, 5) is 0. The van der Waals surface area contributed by atoms with Crippen LogP contribution in [0.2, 0.25) is 0 Å². The number of hydrogen-bond acceptors (Lipinski definition) is 6. The average molecular weight is 423 g/mol. The summed E-state index contributed by atoms with van der Waals surface area (Å²) in [5.74, 6) is 1.53. The number of nitrogens with one attached hydrogen (secondary N) is 1. The lowest BCUT2D eigenvalue weighted by Crippen LogP contribution is -3.00. The number of tetrazole rings is 1. The molecule has 1 N–H and O–H groups in total. The second-order valence-corrected chi connectivity index (χ2v) is 7.09. The molecular weight excluding hydrogens is 401 g/mol. The number of benzene rings is 2. The Bertz CT molecular complexity index is 846. The molecule has 0 saturated carbocycles. The summed E-state index contributed by atoms with van der Waals surface area (Å²) in [6, 6.07) is 14.4. The SMILES string of the molecule is Cn1nnnc1SCCCNCc1cccc(OCc2ccc(F)cc2)c1.[Cl-]. The predicted octanol–water partition coefficient (Wildman–Crippen LogP) is 0.204. The van der Waals surface area contributed by atoms with Gasteiger partial charge in [-0.3, -0.25) is 0 Å². The highest BCUT2D eigenvalue weighted by molar-refractivity contribution is 7.99. The van der Waals surface area contributed by atoms with Crippen LogP contribution in [0.15, 0.2) is 53.7 Å². The van der Waals surface area contributed by atoms with Crippen LogP contribution >= 0.6 is 11.8 Å². The molecule has 0 unspecified atom stereocenters. The summed E-state index contributed by atoms with van der Waals surface area (Å²) < 4.78 is 20.4. The van der Waals surface area contributed by atoms with Crippen LogP contribution in [0.4, 0.5) is 4.39 Å². The third-order valence-electron chi connectivity index (χ3n) is 3.86. The predicted molar refractivity (Wildman–Crippen MR) is 103 cm³/mol. The molecule has 1 aromatic heterocycles. The molecule has 3 aromatic rings. The minimum atomic E-state index is -0.238. The Balaban J connectivity index is 0.00000280. The van der Waals surface area contributed by atoms with Crippen LogP contribution in [0.5, 0.6) is 5.75 Å². The molecule has 1 heterocycles. The first-order valence-electron chi connectivity index (χ1n) is 8.73. The van der Waals surface area contributed by atoms with Crippen molar-refractivity contribution in [1.82, 2.24) is 25.5 Å². The summed E-state index contributed by atoms with van der Waals surface area (Å²) in [6.45, 7) is 2.12. The number of aromatic nitrogens is 4. The fourth-order valence-electron chi connectivity index (χ4n) is 2.43. The second-order valence-electron chi connectivity index (χ2n) is 6.03. The molecule has 0 aliphatic heterocycles. The van der Waals surface area contributed by atoms with E-state index in [2.05, 4.69) is 26.9 Å². The highest BCUT2D eigenvalue weighted by Gasteiger charge is 2.02. The maximum Gasteiger partial charge on any atom is 0.209 e. The minimum absolute atomic E-state index is 0. The van der Waals surface area contributed by atoms with Crippen molar-refractivity contribution in [2.45, 2.75) is 24.7 Å². The Morgan fingerprint density at radius 3 is 2.71 bits per heavy atom. The smallest absolute Gasteiger partial charge is 0.209 e. The van der Waals surface area contributed by atoms with E-state index in [1.807, 2.05) is 25.2 Å². The Morgan fingerprint density at radius 1 is 1.14 bits per heavy atom. The molecule has 0 fully saturated rings. The van der Waals surface area contributed by atoms with E-state index < -0.39 is 0 Å². The van der Waals surface area contributed by atoms with Gasteiger partial charge in [-0.1, -0.05) is 36.0 Å². The monoisotopic (exact) mass is 422 g/mol. The van der Waals surface area contributed by atoms with Crippen molar-refractivity contribution in [1.29, 1.82) is 0 Å². The molecule has 3 rings (SSSR count). The van der Waals surface area contributed by atoms with Gasteiger partial charge in [-0.2, -0.15) is 0 Å². The number of hydrogen-bond donors (Lipinski definition) is 1. The third kappa shape index (κ3) is 7.10. The molecular formula is C19H22ClFN5OS-. The Hall–Kier alpha value is -2.16. The fourth-order valence-corrected chi connectivity index (χ4v) is 3.22. The van der Waals surface area contributed by atoms with Gasteiger partial charge in [0.1, 0.15) is 18.2 Å². The van der Waals surface area contributed by atoms with E-state index in [4.69, 9.17) is 4.74 Å². The number of ether oxygens (including phenoxy) is 1. The number of aryl methyl sites for hydroxylation is 1. The topological polar surface area (TPSA) is 64.9 Å². The Labute approximate surface area is 174 Å². The maximum absolute atomic E-state index is 12.9. The largest absolute Gasteiger partial charge is 1.00 e. The molecule has 150 valence electrons. The van der Waals surface area contributed by atoms with Crippen molar-refractivity contribution >= 4 is 11.8 Å². The van der Waals surface area contributed by atoms with Crippen LogP contribution in [-0.2, 0) is 20.2 Å². The summed E-state index contributed by atoms with van der Waals surface area (Å²) in [7, 11) is 1.84. The quantitative estimate of drug-likeness (QED) is 0.372. The van der Waals surface area contributed by atoms with Crippen molar-refractivity contribution in [3.63, 3.8) is 0 Å². The molecule has 0 aliphatic carbocycles. The normalized spacial score (nSPS) is 10.5. The van der Waals surface area contributed by atoms with Crippen LogP contribution < -0.4 is 22.5 Å². The maximum atomic E-state index is 12.9. The zero-order valence-electron chi connectivity index (χ0n) is 15.5. The molecule has 9 heteroatoms. The molecule has 0 bridgehead atoms. The van der Waals surface area contributed by atoms with E-state index in [-0.39, 0.29) is 18.2 Å². The van der Waals surface area contributed by atoms with Crippen LogP contribution in [0.1, 0.15) is 17.5 Å². The molecule has 28 heavy (non-hydrogen) atoms. The van der Waals surface area contributed by atoms with E-state index in [1.165, 1.54) is 12.1 Å². The van der Waals surface area contributed by atoms with E-state index in [9.17, 15) is 4.39 Å². The highest BCUT2D eigenvalue weighted by atomic mass is 35.5. The summed E-state index contributed by atoms with van der Waals surface area (Å²) in [5, 5.41) is 15.6. The van der Waals surface area contributed by atoms with Crippen molar-refractivity contribution in [2.75, 3.05) is 12.3 Å². The van der Waals surface area contributed by atoms with Crippen molar-refractivity contribution in [3.8, 4) is 5.75 Å². The van der Waals surface area contributed by atoms with E-state index in [0.29, 0.717) is 6.61 Å². The second kappa shape index (κ2) is 11.6. The van der Waals surface area contributed by atoms with Gasteiger partial charge in [0.15, 0.2) is 0 Å². The summed E-state index contributed by atoms with van der Waals surface area (Å²) in [6.07, 6.45) is 1.03. The minimum Gasteiger partial charge on any atom is -1.00 e. The lowest BCUT2D eigenvalue weighted by molar-refractivity contribution is -0.00000672. The van der Waals surface area contributed by atoms with Gasteiger partial charge < -0.3 is 22.5 Å². The first-order valence-corrected chi connectivity index (χ1v) is 9.71. The lowest BCUT2D eigenvalue weighted by Gasteiger charge is -2.09. The van der Waals surface area contributed by atoms with Gasteiger partial charge in [0.25, 0.3) is 0 Å². The van der Waals surface area contributed by atoms with Gasteiger partial charge >= 0.3 is 0 Å². The van der Waals surface area contributed by atoms with Crippen molar-refractivity contribution < 1.29 is 21.5 Å². The third-order valence-corrected chi connectivity index (χ3v) is 4.95. The zero-order chi connectivity index (χ0) is 18.9. The van der Waals surface area contributed by atoms with Crippen LogP contribution in [0, 0.1) is 5.82 Å². The Kier molecular flexibility index (Phi) is 9.19. The highest BCUT2D eigenvalue weighted by Crippen LogP contribution is 2.16. The number of rotatable bonds is 10. The molecule has 0 radical (unpaired) electrons. The fraction of sp³-hybridized carbons (Fsp3) is 0.316. The zero-order valence-corrected chi connectivity index (χ0v) is 17.1.